The van der Waals surface area contributed by atoms with E-state index in [-0.39, 0.29) is 6.54 Å². The Hall–Kier alpha value is -1.10. The maximum absolute atomic E-state index is 10.2. The van der Waals surface area contributed by atoms with Gasteiger partial charge in [0.05, 0.1) is 0 Å². The standard InChI is InChI=1S/C6H11NO4/c1-2-7-3-4(5(8)9)6(10)11/h4,7H,2-3H2,1H3,(H,8,9)(H,10,11). The van der Waals surface area contributed by atoms with Crippen LogP contribution in [0.5, 0.6) is 0 Å². The van der Waals surface area contributed by atoms with Crippen molar-refractivity contribution in [3.8, 4) is 0 Å². The monoisotopic (exact) mass is 161 g/mol. The summed E-state index contributed by atoms with van der Waals surface area (Å²) in [5, 5.41) is 19.3. The second kappa shape index (κ2) is 4.68. The van der Waals surface area contributed by atoms with Crippen molar-refractivity contribution in [3.05, 3.63) is 0 Å². The zero-order valence-corrected chi connectivity index (χ0v) is 6.20. The number of hydrogen-bond donors (Lipinski definition) is 3. The SMILES string of the molecule is CCNCC(C(=O)O)C(=O)O. The molecule has 0 fully saturated rings. The summed E-state index contributed by atoms with van der Waals surface area (Å²) in [5.41, 5.74) is 0. The molecule has 11 heavy (non-hydrogen) atoms. The van der Waals surface area contributed by atoms with Crippen LogP contribution >= 0.6 is 0 Å². The molecule has 0 aromatic rings. The van der Waals surface area contributed by atoms with Gasteiger partial charge in [-0.2, -0.15) is 0 Å². The van der Waals surface area contributed by atoms with Crippen molar-refractivity contribution in [2.75, 3.05) is 13.1 Å². The Balaban J connectivity index is 3.90. The molecule has 0 saturated carbocycles. The van der Waals surface area contributed by atoms with Crippen molar-refractivity contribution >= 4 is 11.9 Å². The molecule has 0 saturated heterocycles. The minimum absolute atomic E-state index is 0.0266. The van der Waals surface area contributed by atoms with Gasteiger partial charge in [-0.3, -0.25) is 9.59 Å². The quantitative estimate of drug-likeness (QED) is 0.468. The molecule has 0 atom stereocenters. The second-order valence-corrected chi connectivity index (χ2v) is 2.04. The molecule has 0 bridgehead atoms. The molecule has 0 aliphatic rings. The van der Waals surface area contributed by atoms with Gasteiger partial charge in [0.2, 0.25) is 0 Å². The van der Waals surface area contributed by atoms with Crippen LogP contribution in [0.3, 0.4) is 0 Å². The minimum atomic E-state index is -1.34. The summed E-state index contributed by atoms with van der Waals surface area (Å²) in [6.45, 7) is 2.32. The van der Waals surface area contributed by atoms with Crippen LogP contribution in [-0.4, -0.2) is 35.2 Å². The summed E-state index contributed by atoms with van der Waals surface area (Å²) < 4.78 is 0. The van der Waals surface area contributed by atoms with Gasteiger partial charge in [-0.25, -0.2) is 0 Å². The van der Waals surface area contributed by atoms with Gasteiger partial charge in [0.1, 0.15) is 0 Å². The van der Waals surface area contributed by atoms with Crippen molar-refractivity contribution in [2.45, 2.75) is 6.92 Å². The number of carboxylic acids is 2. The molecule has 3 N–H and O–H groups in total. The van der Waals surface area contributed by atoms with Gasteiger partial charge in [0.15, 0.2) is 5.92 Å². The molecule has 64 valence electrons. The maximum Gasteiger partial charge on any atom is 0.319 e. The molecule has 0 amide bonds. The molecule has 5 nitrogen and oxygen atoms in total. The van der Waals surface area contributed by atoms with Gasteiger partial charge >= 0.3 is 11.9 Å². The topological polar surface area (TPSA) is 86.6 Å². The summed E-state index contributed by atoms with van der Waals surface area (Å²) in [4.78, 5) is 20.5. The third kappa shape index (κ3) is 3.57. The number of hydrogen-bond acceptors (Lipinski definition) is 3. The van der Waals surface area contributed by atoms with E-state index in [4.69, 9.17) is 10.2 Å². The molecule has 0 radical (unpaired) electrons. The van der Waals surface area contributed by atoms with E-state index < -0.39 is 17.9 Å². The number of carboxylic acid groups (broad SMARTS) is 2. The molecule has 0 rings (SSSR count). The Morgan fingerprint density at radius 1 is 1.36 bits per heavy atom. The summed E-state index contributed by atoms with van der Waals surface area (Å²) in [6, 6.07) is 0. The summed E-state index contributed by atoms with van der Waals surface area (Å²) in [5.74, 6) is -3.95. The highest BCUT2D eigenvalue weighted by atomic mass is 16.4. The number of aliphatic carboxylic acids is 2. The lowest BCUT2D eigenvalue weighted by molar-refractivity contribution is -0.154. The Kier molecular flexibility index (Phi) is 4.21. The molecule has 0 aromatic heterocycles. The van der Waals surface area contributed by atoms with Gasteiger partial charge in [-0.1, -0.05) is 6.92 Å². The fourth-order valence-electron chi connectivity index (χ4n) is 0.569. The van der Waals surface area contributed by atoms with Crippen LogP contribution in [0, 0.1) is 5.92 Å². The third-order valence-corrected chi connectivity index (χ3v) is 1.19. The molecular formula is C6H11NO4. The number of carbonyl (C=O) groups is 2. The minimum Gasteiger partial charge on any atom is -0.481 e. The van der Waals surface area contributed by atoms with E-state index in [1.165, 1.54) is 0 Å². The summed E-state index contributed by atoms with van der Waals surface area (Å²) in [7, 11) is 0. The highest BCUT2D eigenvalue weighted by Gasteiger charge is 2.24. The van der Waals surface area contributed by atoms with Crippen molar-refractivity contribution in [3.63, 3.8) is 0 Å². The molecule has 0 spiro atoms. The van der Waals surface area contributed by atoms with E-state index in [9.17, 15) is 9.59 Å². The van der Waals surface area contributed by atoms with Crippen LogP contribution in [0.25, 0.3) is 0 Å². The van der Waals surface area contributed by atoms with Crippen molar-refractivity contribution in [2.24, 2.45) is 5.92 Å². The van der Waals surface area contributed by atoms with E-state index >= 15 is 0 Å². The lowest BCUT2D eigenvalue weighted by Gasteiger charge is -2.06. The van der Waals surface area contributed by atoms with Crippen LogP contribution in [0.15, 0.2) is 0 Å². The average molecular weight is 161 g/mol. The van der Waals surface area contributed by atoms with Gasteiger partial charge in [0.25, 0.3) is 0 Å². The maximum atomic E-state index is 10.2. The van der Waals surface area contributed by atoms with E-state index in [0.717, 1.165) is 0 Å². The van der Waals surface area contributed by atoms with E-state index in [1.807, 2.05) is 0 Å². The smallest absolute Gasteiger partial charge is 0.319 e. The molecule has 0 aliphatic heterocycles. The molecular weight excluding hydrogens is 150 g/mol. The predicted molar refractivity (Wildman–Crippen MR) is 37.3 cm³/mol. The lowest BCUT2D eigenvalue weighted by Crippen LogP contribution is -2.34. The highest BCUT2D eigenvalue weighted by Crippen LogP contribution is 1.93. The average Bonchev–Trinajstić information content (AvgIpc) is 1.87. The number of rotatable bonds is 5. The van der Waals surface area contributed by atoms with Crippen LogP contribution in [0.4, 0.5) is 0 Å². The summed E-state index contributed by atoms with van der Waals surface area (Å²) >= 11 is 0. The first kappa shape index (κ1) is 9.90. The van der Waals surface area contributed by atoms with Crippen LogP contribution < -0.4 is 5.32 Å². The molecule has 0 heterocycles. The van der Waals surface area contributed by atoms with E-state index in [0.29, 0.717) is 6.54 Å². The zero-order chi connectivity index (χ0) is 8.85. The third-order valence-electron chi connectivity index (χ3n) is 1.19. The van der Waals surface area contributed by atoms with Gasteiger partial charge in [-0.15, -0.1) is 0 Å². The molecule has 0 unspecified atom stereocenters. The van der Waals surface area contributed by atoms with Crippen LogP contribution in [0.1, 0.15) is 6.92 Å². The van der Waals surface area contributed by atoms with Gasteiger partial charge in [-0.05, 0) is 6.54 Å². The second-order valence-electron chi connectivity index (χ2n) is 2.04. The first-order valence-corrected chi connectivity index (χ1v) is 3.26. The summed E-state index contributed by atoms with van der Waals surface area (Å²) in [6.07, 6.45) is 0. The van der Waals surface area contributed by atoms with Crippen LogP contribution in [0.2, 0.25) is 0 Å². The zero-order valence-electron chi connectivity index (χ0n) is 6.20. The van der Waals surface area contributed by atoms with Crippen molar-refractivity contribution in [1.82, 2.24) is 5.32 Å². The fourth-order valence-corrected chi connectivity index (χ4v) is 0.569. The Labute approximate surface area is 64.0 Å². The number of nitrogens with one attached hydrogen (secondary N) is 1. The van der Waals surface area contributed by atoms with Crippen molar-refractivity contribution in [1.29, 1.82) is 0 Å². The normalized spacial score (nSPS) is 10.0. The fraction of sp³-hybridized carbons (Fsp3) is 0.667. The lowest BCUT2D eigenvalue weighted by atomic mass is 10.1. The molecule has 0 aliphatic carbocycles. The molecule has 0 aromatic carbocycles. The van der Waals surface area contributed by atoms with Gasteiger partial charge < -0.3 is 15.5 Å². The molecule has 5 heteroatoms. The Morgan fingerprint density at radius 3 is 2.09 bits per heavy atom. The van der Waals surface area contributed by atoms with Crippen molar-refractivity contribution < 1.29 is 19.8 Å². The Morgan fingerprint density at radius 2 is 1.82 bits per heavy atom. The first-order valence-electron chi connectivity index (χ1n) is 3.26. The largest absolute Gasteiger partial charge is 0.481 e. The predicted octanol–water partition coefficient (Wildman–Crippen LogP) is -0.619. The van der Waals surface area contributed by atoms with Crippen LogP contribution in [-0.2, 0) is 9.59 Å². The Bertz CT molecular complexity index is 143. The van der Waals surface area contributed by atoms with Gasteiger partial charge in [0, 0.05) is 6.54 Å². The van der Waals surface area contributed by atoms with E-state index in [1.54, 1.807) is 6.92 Å². The van der Waals surface area contributed by atoms with E-state index in [2.05, 4.69) is 5.32 Å². The highest BCUT2D eigenvalue weighted by molar-refractivity contribution is 5.93. The first-order chi connectivity index (χ1) is 5.09.